The van der Waals surface area contributed by atoms with Crippen molar-refractivity contribution in [3.63, 3.8) is 0 Å². The summed E-state index contributed by atoms with van der Waals surface area (Å²) in [5.74, 6) is 0.640. The van der Waals surface area contributed by atoms with Crippen molar-refractivity contribution in [3.8, 4) is 11.8 Å². The number of nitrogens with one attached hydrogen (secondary N) is 1. The van der Waals surface area contributed by atoms with Gasteiger partial charge in [-0.1, -0.05) is 6.07 Å². The lowest BCUT2D eigenvalue weighted by Gasteiger charge is -2.03. The third-order valence-corrected chi connectivity index (χ3v) is 2.93. The van der Waals surface area contributed by atoms with Crippen LogP contribution in [0.5, 0.6) is 5.75 Å². The van der Waals surface area contributed by atoms with Crippen LogP contribution in [-0.2, 0) is 0 Å². The molecule has 1 N–H and O–H groups in total. The van der Waals surface area contributed by atoms with E-state index in [1.807, 2.05) is 13.0 Å². The number of carbonyl (C=O) groups is 1. The number of ketones is 1. The molecule has 0 spiro atoms. The van der Waals surface area contributed by atoms with Crippen LogP contribution in [0.15, 0.2) is 60.8 Å². The second-order valence-electron chi connectivity index (χ2n) is 4.49. The zero-order valence-electron chi connectivity index (χ0n) is 12.2. The van der Waals surface area contributed by atoms with Crippen molar-refractivity contribution in [2.45, 2.75) is 6.92 Å². The first kappa shape index (κ1) is 15.3. The molecule has 2 aromatic rings. The Morgan fingerprint density at radius 2 is 2.05 bits per heavy atom. The van der Waals surface area contributed by atoms with Crippen molar-refractivity contribution in [1.82, 2.24) is 0 Å². The summed E-state index contributed by atoms with van der Waals surface area (Å²) >= 11 is 0. The number of nitrogens with zero attached hydrogens (tertiary/aromatic N) is 1. The first-order chi connectivity index (χ1) is 10.7. The average Bonchev–Trinajstić information content (AvgIpc) is 2.56. The van der Waals surface area contributed by atoms with Gasteiger partial charge < -0.3 is 10.1 Å². The number of ether oxygens (including phenoxy) is 1. The SMILES string of the molecule is CCOc1ccc(C(=O)C=CNc2cccc(C#N)c2)cc1. The van der Waals surface area contributed by atoms with E-state index in [9.17, 15) is 4.79 Å². The van der Waals surface area contributed by atoms with Crippen LogP contribution in [0, 0.1) is 11.3 Å². The maximum Gasteiger partial charge on any atom is 0.187 e. The molecule has 2 aromatic carbocycles. The monoisotopic (exact) mass is 292 g/mol. The van der Waals surface area contributed by atoms with E-state index in [1.54, 1.807) is 48.7 Å². The van der Waals surface area contributed by atoms with Crippen molar-refractivity contribution >= 4 is 11.5 Å². The standard InChI is InChI=1S/C18H16N2O2/c1-2-22-17-8-6-15(7-9-17)18(21)10-11-20-16-5-3-4-14(12-16)13-19/h3-12,20H,2H2,1H3. The highest BCUT2D eigenvalue weighted by atomic mass is 16.5. The molecule has 0 fully saturated rings. The van der Waals surface area contributed by atoms with Crippen LogP contribution in [0.3, 0.4) is 0 Å². The van der Waals surface area contributed by atoms with Crippen molar-refractivity contribution < 1.29 is 9.53 Å². The summed E-state index contributed by atoms with van der Waals surface area (Å²) in [6, 6.07) is 16.1. The van der Waals surface area contributed by atoms with E-state index in [2.05, 4.69) is 11.4 Å². The van der Waals surface area contributed by atoms with Crippen molar-refractivity contribution in [2.75, 3.05) is 11.9 Å². The molecule has 0 aromatic heterocycles. The van der Waals surface area contributed by atoms with Crippen LogP contribution in [0.1, 0.15) is 22.8 Å². The predicted molar refractivity (Wildman–Crippen MR) is 85.9 cm³/mol. The highest BCUT2D eigenvalue weighted by Crippen LogP contribution is 2.13. The van der Waals surface area contributed by atoms with Gasteiger partial charge in [0, 0.05) is 23.5 Å². The number of nitriles is 1. The summed E-state index contributed by atoms with van der Waals surface area (Å²) in [7, 11) is 0. The fourth-order valence-corrected chi connectivity index (χ4v) is 1.87. The highest BCUT2D eigenvalue weighted by Gasteiger charge is 2.01. The zero-order valence-corrected chi connectivity index (χ0v) is 12.2. The number of rotatable bonds is 6. The maximum absolute atomic E-state index is 12.0. The van der Waals surface area contributed by atoms with Gasteiger partial charge in [0.1, 0.15) is 5.75 Å². The van der Waals surface area contributed by atoms with Gasteiger partial charge in [0.05, 0.1) is 18.2 Å². The van der Waals surface area contributed by atoms with Crippen LogP contribution in [0.4, 0.5) is 5.69 Å². The third-order valence-electron chi connectivity index (χ3n) is 2.93. The molecule has 2 rings (SSSR count). The van der Waals surface area contributed by atoms with E-state index in [-0.39, 0.29) is 5.78 Å². The Kier molecular flexibility index (Phi) is 5.33. The Balaban J connectivity index is 1.97. The Hall–Kier alpha value is -3.06. The Bertz CT molecular complexity index is 713. The highest BCUT2D eigenvalue weighted by molar-refractivity contribution is 6.04. The second-order valence-corrected chi connectivity index (χ2v) is 4.49. The smallest absolute Gasteiger partial charge is 0.187 e. The van der Waals surface area contributed by atoms with E-state index < -0.39 is 0 Å². The van der Waals surface area contributed by atoms with E-state index in [0.717, 1.165) is 11.4 Å². The summed E-state index contributed by atoms with van der Waals surface area (Å²) in [4.78, 5) is 12.0. The summed E-state index contributed by atoms with van der Waals surface area (Å²) in [6.07, 6.45) is 3.02. The molecule has 0 saturated heterocycles. The number of hydrogen-bond donors (Lipinski definition) is 1. The first-order valence-corrected chi connectivity index (χ1v) is 6.93. The molecule has 0 radical (unpaired) electrons. The molecule has 0 heterocycles. The van der Waals surface area contributed by atoms with E-state index in [0.29, 0.717) is 17.7 Å². The van der Waals surface area contributed by atoms with Crippen molar-refractivity contribution in [3.05, 3.63) is 71.9 Å². The molecule has 0 unspecified atom stereocenters. The number of benzene rings is 2. The van der Waals surface area contributed by atoms with E-state index >= 15 is 0 Å². The quantitative estimate of drug-likeness (QED) is 0.650. The van der Waals surface area contributed by atoms with Gasteiger partial charge in [-0.3, -0.25) is 4.79 Å². The maximum atomic E-state index is 12.0. The molecule has 110 valence electrons. The van der Waals surface area contributed by atoms with Crippen LogP contribution in [0.2, 0.25) is 0 Å². The lowest BCUT2D eigenvalue weighted by Crippen LogP contribution is -1.97. The second kappa shape index (κ2) is 7.65. The fourth-order valence-electron chi connectivity index (χ4n) is 1.87. The van der Waals surface area contributed by atoms with Crippen molar-refractivity contribution in [2.24, 2.45) is 0 Å². The molecule has 22 heavy (non-hydrogen) atoms. The lowest BCUT2D eigenvalue weighted by molar-refractivity contribution is 0.104. The zero-order chi connectivity index (χ0) is 15.8. The van der Waals surface area contributed by atoms with Gasteiger partial charge in [-0.15, -0.1) is 0 Å². The summed E-state index contributed by atoms with van der Waals surface area (Å²) in [5, 5.41) is 11.8. The van der Waals surface area contributed by atoms with E-state index in [4.69, 9.17) is 10.00 Å². The molecular formula is C18H16N2O2. The number of carbonyl (C=O) groups excluding carboxylic acids is 1. The third kappa shape index (κ3) is 4.22. The Labute approximate surface area is 129 Å². The molecule has 0 aliphatic rings. The summed E-state index contributed by atoms with van der Waals surface area (Å²) in [6.45, 7) is 2.51. The number of anilines is 1. The molecular weight excluding hydrogens is 276 g/mol. The van der Waals surface area contributed by atoms with Gasteiger partial charge in [-0.05, 0) is 49.4 Å². The van der Waals surface area contributed by atoms with Gasteiger partial charge >= 0.3 is 0 Å². The fraction of sp³-hybridized carbons (Fsp3) is 0.111. The number of hydrogen-bond acceptors (Lipinski definition) is 4. The average molecular weight is 292 g/mol. The van der Waals surface area contributed by atoms with Gasteiger partial charge in [0.15, 0.2) is 5.78 Å². The molecule has 0 bridgehead atoms. The Morgan fingerprint density at radius 3 is 2.73 bits per heavy atom. The minimum Gasteiger partial charge on any atom is -0.494 e. The van der Waals surface area contributed by atoms with Gasteiger partial charge in [0.25, 0.3) is 0 Å². The minimum absolute atomic E-state index is 0.105. The molecule has 0 amide bonds. The topological polar surface area (TPSA) is 62.1 Å². The lowest BCUT2D eigenvalue weighted by atomic mass is 10.1. The minimum atomic E-state index is -0.105. The normalized spacial score (nSPS) is 10.2. The van der Waals surface area contributed by atoms with Crippen LogP contribution >= 0.6 is 0 Å². The van der Waals surface area contributed by atoms with Gasteiger partial charge in [-0.2, -0.15) is 5.26 Å². The first-order valence-electron chi connectivity index (χ1n) is 6.93. The largest absolute Gasteiger partial charge is 0.494 e. The Morgan fingerprint density at radius 1 is 1.27 bits per heavy atom. The van der Waals surface area contributed by atoms with Crippen LogP contribution in [0.25, 0.3) is 0 Å². The van der Waals surface area contributed by atoms with Crippen molar-refractivity contribution in [1.29, 1.82) is 5.26 Å². The van der Waals surface area contributed by atoms with E-state index in [1.165, 1.54) is 6.08 Å². The van der Waals surface area contributed by atoms with Crippen LogP contribution < -0.4 is 10.1 Å². The summed E-state index contributed by atoms with van der Waals surface area (Å²) < 4.78 is 5.33. The molecule has 0 saturated carbocycles. The molecule has 4 heteroatoms. The summed E-state index contributed by atoms with van der Waals surface area (Å²) in [5.41, 5.74) is 1.92. The number of allylic oxidation sites excluding steroid dienone is 1. The van der Waals surface area contributed by atoms with Gasteiger partial charge in [0.2, 0.25) is 0 Å². The van der Waals surface area contributed by atoms with Gasteiger partial charge in [-0.25, -0.2) is 0 Å². The molecule has 0 aliphatic carbocycles. The van der Waals surface area contributed by atoms with Crippen LogP contribution in [-0.4, -0.2) is 12.4 Å². The predicted octanol–water partition coefficient (Wildman–Crippen LogP) is 3.77. The molecule has 0 atom stereocenters. The molecule has 4 nitrogen and oxygen atoms in total. The molecule has 0 aliphatic heterocycles.